The van der Waals surface area contributed by atoms with Gasteiger partial charge in [0.05, 0.1) is 21.7 Å². The number of alkyl halides is 3. The van der Waals surface area contributed by atoms with Crippen LogP contribution >= 0.6 is 11.6 Å². The molecule has 2 atom stereocenters. The standard InChI is InChI=1S/C26H18ClF3N2O5/c1-14(32-23(34)17-9-5-6-10-18(17)24(32)35)25(36)37-21(15-7-3-2-4-8-15)22(33)31-16-11-12-20(27)19(13-16)26(28,29)30/h2-14,21H,1H3,(H,31,33)/t14-,21+/m0/s1. The summed E-state index contributed by atoms with van der Waals surface area (Å²) in [4.78, 5) is 52.3. The molecule has 190 valence electrons. The number of benzene rings is 3. The van der Waals surface area contributed by atoms with E-state index in [9.17, 15) is 32.3 Å². The van der Waals surface area contributed by atoms with Crippen molar-refractivity contribution in [3.05, 3.63) is 100 Å². The highest BCUT2D eigenvalue weighted by Gasteiger charge is 2.42. The van der Waals surface area contributed by atoms with Crippen LogP contribution in [0.4, 0.5) is 18.9 Å². The van der Waals surface area contributed by atoms with Gasteiger partial charge in [0.25, 0.3) is 17.7 Å². The van der Waals surface area contributed by atoms with Gasteiger partial charge in [-0.3, -0.25) is 19.3 Å². The van der Waals surface area contributed by atoms with Crippen LogP contribution in [0.5, 0.6) is 0 Å². The molecule has 3 aromatic carbocycles. The maximum absolute atomic E-state index is 13.2. The van der Waals surface area contributed by atoms with Gasteiger partial charge in [0, 0.05) is 11.3 Å². The molecule has 7 nitrogen and oxygen atoms in total. The van der Waals surface area contributed by atoms with Gasteiger partial charge in [0.1, 0.15) is 6.04 Å². The van der Waals surface area contributed by atoms with Crippen LogP contribution in [0.2, 0.25) is 5.02 Å². The van der Waals surface area contributed by atoms with Gasteiger partial charge in [-0.25, -0.2) is 4.79 Å². The summed E-state index contributed by atoms with van der Waals surface area (Å²) in [6, 6.07) is 15.2. The Morgan fingerprint density at radius 3 is 2.05 bits per heavy atom. The minimum Gasteiger partial charge on any atom is -0.446 e. The molecule has 0 spiro atoms. The average molecular weight is 531 g/mol. The highest BCUT2D eigenvalue weighted by Crippen LogP contribution is 2.36. The van der Waals surface area contributed by atoms with E-state index in [1.54, 1.807) is 30.3 Å². The largest absolute Gasteiger partial charge is 0.446 e. The first-order valence-corrected chi connectivity index (χ1v) is 11.3. The molecule has 1 aliphatic rings. The number of imide groups is 1. The minimum atomic E-state index is -4.76. The third-order valence-corrected chi connectivity index (χ3v) is 6.00. The highest BCUT2D eigenvalue weighted by atomic mass is 35.5. The van der Waals surface area contributed by atoms with E-state index in [0.717, 1.165) is 11.0 Å². The Balaban J connectivity index is 1.58. The number of esters is 1. The molecule has 4 rings (SSSR count). The second-order valence-electron chi connectivity index (χ2n) is 8.11. The number of nitrogens with zero attached hydrogens (tertiary/aromatic N) is 1. The lowest BCUT2D eigenvalue weighted by atomic mass is 10.1. The molecule has 0 saturated heterocycles. The van der Waals surface area contributed by atoms with Crippen molar-refractivity contribution in [3.8, 4) is 0 Å². The molecule has 0 saturated carbocycles. The maximum Gasteiger partial charge on any atom is 0.417 e. The molecule has 0 bridgehead atoms. The number of rotatable bonds is 6. The summed E-state index contributed by atoms with van der Waals surface area (Å²) in [5.41, 5.74) is -0.903. The third kappa shape index (κ3) is 5.19. The van der Waals surface area contributed by atoms with E-state index in [2.05, 4.69) is 5.32 Å². The van der Waals surface area contributed by atoms with Crippen LogP contribution in [0, 0.1) is 0 Å². The number of ether oxygens (including phenoxy) is 1. The van der Waals surface area contributed by atoms with Crippen LogP contribution in [-0.2, 0) is 20.5 Å². The molecular formula is C26H18ClF3N2O5. The van der Waals surface area contributed by atoms with E-state index in [1.807, 2.05) is 0 Å². The van der Waals surface area contributed by atoms with Gasteiger partial charge in [-0.2, -0.15) is 13.2 Å². The molecule has 3 amide bonds. The summed E-state index contributed by atoms with van der Waals surface area (Å²) >= 11 is 5.64. The molecule has 37 heavy (non-hydrogen) atoms. The van der Waals surface area contributed by atoms with Crippen molar-refractivity contribution >= 4 is 41.0 Å². The van der Waals surface area contributed by atoms with Gasteiger partial charge >= 0.3 is 12.1 Å². The zero-order valence-corrected chi connectivity index (χ0v) is 19.8. The number of anilines is 1. The zero-order chi connectivity index (χ0) is 26.9. The fraction of sp³-hybridized carbons (Fsp3) is 0.154. The molecule has 0 aliphatic carbocycles. The maximum atomic E-state index is 13.2. The average Bonchev–Trinajstić information content (AvgIpc) is 3.12. The number of amides is 3. The van der Waals surface area contributed by atoms with E-state index in [0.29, 0.717) is 6.07 Å². The molecule has 1 aliphatic heterocycles. The van der Waals surface area contributed by atoms with Crippen molar-refractivity contribution in [2.45, 2.75) is 25.2 Å². The number of hydrogen-bond acceptors (Lipinski definition) is 5. The van der Waals surface area contributed by atoms with E-state index in [1.165, 1.54) is 37.3 Å². The van der Waals surface area contributed by atoms with Crippen LogP contribution in [0.3, 0.4) is 0 Å². The number of nitrogens with one attached hydrogen (secondary N) is 1. The first kappa shape index (κ1) is 25.9. The normalized spacial score (nSPS) is 14.7. The first-order valence-electron chi connectivity index (χ1n) is 10.9. The van der Waals surface area contributed by atoms with Crippen LogP contribution in [0.15, 0.2) is 72.8 Å². The van der Waals surface area contributed by atoms with Gasteiger partial charge in [0.15, 0.2) is 0 Å². The van der Waals surface area contributed by atoms with Crippen LogP contribution in [0.25, 0.3) is 0 Å². The summed E-state index contributed by atoms with van der Waals surface area (Å²) in [6.45, 7) is 1.28. The Morgan fingerprint density at radius 2 is 1.49 bits per heavy atom. The first-order chi connectivity index (χ1) is 17.5. The number of hydrogen-bond donors (Lipinski definition) is 1. The fourth-order valence-electron chi connectivity index (χ4n) is 3.81. The van der Waals surface area contributed by atoms with Crippen molar-refractivity contribution in [1.82, 2.24) is 4.90 Å². The number of halogens is 4. The molecule has 0 fully saturated rings. The van der Waals surface area contributed by atoms with Gasteiger partial charge in [0.2, 0.25) is 6.10 Å². The molecule has 0 aromatic heterocycles. The Bertz CT molecular complexity index is 1360. The van der Waals surface area contributed by atoms with E-state index >= 15 is 0 Å². The van der Waals surface area contributed by atoms with Crippen LogP contribution in [-0.4, -0.2) is 34.6 Å². The third-order valence-electron chi connectivity index (χ3n) is 5.67. The molecule has 11 heteroatoms. The van der Waals surface area contributed by atoms with Gasteiger partial charge in [-0.15, -0.1) is 0 Å². The number of fused-ring (bicyclic) bond motifs is 1. The van der Waals surface area contributed by atoms with Crippen molar-refractivity contribution in [1.29, 1.82) is 0 Å². The second-order valence-corrected chi connectivity index (χ2v) is 8.52. The molecule has 0 unspecified atom stereocenters. The van der Waals surface area contributed by atoms with Crippen molar-refractivity contribution in [2.24, 2.45) is 0 Å². The number of carbonyl (C=O) groups excluding carboxylic acids is 4. The summed E-state index contributed by atoms with van der Waals surface area (Å²) < 4.78 is 45.1. The second kappa shape index (κ2) is 10.1. The van der Waals surface area contributed by atoms with Crippen molar-refractivity contribution < 1.29 is 37.1 Å². The zero-order valence-electron chi connectivity index (χ0n) is 19.1. The summed E-state index contributed by atoms with van der Waals surface area (Å²) in [7, 11) is 0. The monoisotopic (exact) mass is 530 g/mol. The topological polar surface area (TPSA) is 92.8 Å². The SMILES string of the molecule is C[C@@H](C(=O)O[C@@H](C(=O)Nc1ccc(Cl)c(C(F)(F)F)c1)c1ccccc1)N1C(=O)c2ccccc2C1=O. The Hall–Kier alpha value is -4.18. The molecule has 0 radical (unpaired) electrons. The summed E-state index contributed by atoms with van der Waals surface area (Å²) in [5, 5.41) is 1.75. The lowest BCUT2D eigenvalue weighted by Crippen LogP contribution is -2.44. The lowest BCUT2D eigenvalue weighted by molar-refractivity contribution is -0.158. The summed E-state index contributed by atoms with van der Waals surface area (Å²) in [6.07, 6.45) is -6.36. The number of carbonyl (C=O) groups is 4. The van der Waals surface area contributed by atoms with E-state index in [-0.39, 0.29) is 22.4 Å². The van der Waals surface area contributed by atoms with Crippen molar-refractivity contribution in [2.75, 3.05) is 5.32 Å². The predicted molar refractivity (Wildman–Crippen MR) is 127 cm³/mol. The molecular weight excluding hydrogens is 513 g/mol. The molecule has 1 N–H and O–H groups in total. The van der Waals surface area contributed by atoms with Crippen LogP contribution < -0.4 is 5.32 Å². The highest BCUT2D eigenvalue weighted by molar-refractivity contribution is 6.31. The predicted octanol–water partition coefficient (Wildman–Crippen LogP) is 5.27. The van der Waals surface area contributed by atoms with E-state index in [4.69, 9.17) is 16.3 Å². The van der Waals surface area contributed by atoms with Gasteiger partial charge in [-0.05, 0) is 37.3 Å². The Morgan fingerprint density at radius 1 is 0.919 bits per heavy atom. The van der Waals surface area contributed by atoms with E-state index < -0.39 is 52.6 Å². The molecule has 3 aromatic rings. The van der Waals surface area contributed by atoms with Gasteiger partial charge in [-0.1, -0.05) is 54.1 Å². The quantitative estimate of drug-likeness (QED) is 0.346. The minimum absolute atomic E-state index is 0.132. The smallest absolute Gasteiger partial charge is 0.417 e. The van der Waals surface area contributed by atoms with Crippen molar-refractivity contribution in [3.63, 3.8) is 0 Å². The Kier molecular flexibility index (Phi) is 7.04. The molecule has 1 heterocycles. The summed E-state index contributed by atoms with van der Waals surface area (Å²) in [5.74, 6) is -3.40. The van der Waals surface area contributed by atoms with Crippen LogP contribution in [0.1, 0.15) is 44.9 Å². The Labute approximate surface area is 213 Å². The fourth-order valence-corrected chi connectivity index (χ4v) is 4.03. The van der Waals surface area contributed by atoms with Gasteiger partial charge < -0.3 is 10.1 Å². The lowest BCUT2D eigenvalue weighted by Gasteiger charge is -2.24.